The molecule has 0 aliphatic rings. The van der Waals surface area contributed by atoms with E-state index in [0.29, 0.717) is 23.2 Å². The summed E-state index contributed by atoms with van der Waals surface area (Å²) < 4.78 is 5.23. The standard InChI is InChI=1S/C20H21ClN4O2/c1-2-22-13-14-4-3-5-17(12-14)23-18(26)10-11-19-24-20(25-27-19)15-6-8-16(21)9-7-15/h3-9,12,22H,2,10-11,13H2,1H3,(H,23,26). The molecule has 0 saturated carbocycles. The number of halogens is 1. The Hall–Kier alpha value is -2.70. The Bertz CT molecular complexity index is 893. The maximum atomic E-state index is 12.2. The second-order valence-corrected chi connectivity index (χ2v) is 6.48. The first-order valence-electron chi connectivity index (χ1n) is 8.82. The van der Waals surface area contributed by atoms with Crippen molar-refractivity contribution in [3.8, 4) is 11.4 Å². The largest absolute Gasteiger partial charge is 0.339 e. The van der Waals surface area contributed by atoms with Gasteiger partial charge in [0.25, 0.3) is 0 Å². The van der Waals surface area contributed by atoms with Crippen molar-refractivity contribution in [1.82, 2.24) is 15.5 Å². The molecule has 27 heavy (non-hydrogen) atoms. The summed E-state index contributed by atoms with van der Waals surface area (Å²) in [4.78, 5) is 16.5. The van der Waals surface area contributed by atoms with Gasteiger partial charge in [0, 0.05) is 35.7 Å². The van der Waals surface area contributed by atoms with Crippen LogP contribution in [0, 0.1) is 0 Å². The van der Waals surface area contributed by atoms with Gasteiger partial charge in [-0.2, -0.15) is 4.98 Å². The molecule has 0 aliphatic heterocycles. The fourth-order valence-corrected chi connectivity index (χ4v) is 2.67. The molecular formula is C20H21ClN4O2. The van der Waals surface area contributed by atoms with Crippen molar-refractivity contribution in [2.45, 2.75) is 26.3 Å². The molecule has 1 heterocycles. The summed E-state index contributed by atoms with van der Waals surface area (Å²) in [5.74, 6) is 0.816. The van der Waals surface area contributed by atoms with E-state index in [2.05, 4.69) is 27.7 Å². The molecule has 2 N–H and O–H groups in total. The maximum absolute atomic E-state index is 12.2. The summed E-state index contributed by atoms with van der Waals surface area (Å²) in [5.41, 5.74) is 2.72. The summed E-state index contributed by atoms with van der Waals surface area (Å²) in [6.45, 7) is 3.73. The van der Waals surface area contributed by atoms with Crippen molar-refractivity contribution in [3.63, 3.8) is 0 Å². The molecule has 1 amide bonds. The molecular weight excluding hydrogens is 364 g/mol. The lowest BCUT2D eigenvalue weighted by atomic mass is 10.2. The zero-order valence-corrected chi connectivity index (χ0v) is 15.8. The molecule has 7 heteroatoms. The maximum Gasteiger partial charge on any atom is 0.227 e. The van der Waals surface area contributed by atoms with Gasteiger partial charge in [0.05, 0.1) is 0 Å². The number of hydrogen-bond donors (Lipinski definition) is 2. The van der Waals surface area contributed by atoms with Crippen LogP contribution in [0.1, 0.15) is 24.8 Å². The number of hydrogen-bond acceptors (Lipinski definition) is 5. The van der Waals surface area contributed by atoms with Gasteiger partial charge < -0.3 is 15.2 Å². The van der Waals surface area contributed by atoms with Crippen LogP contribution >= 0.6 is 11.6 Å². The van der Waals surface area contributed by atoms with E-state index in [1.165, 1.54) is 0 Å². The molecule has 0 atom stereocenters. The lowest BCUT2D eigenvalue weighted by molar-refractivity contribution is -0.116. The Kier molecular flexibility index (Phi) is 6.57. The topological polar surface area (TPSA) is 80.0 Å². The van der Waals surface area contributed by atoms with Crippen LogP contribution in [0.15, 0.2) is 53.1 Å². The van der Waals surface area contributed by atoms with E-state index in [1.54, 1.807) is 12.1 Å². The van der Waals surface area contributed by atoms with E-state index < -0.39 is 0 Å². The lowest BCUT2D eigenvalue weighted by Gasteiger charge is -2.07. The number of rotatable bonds is 8. The van der Waals surface area contributed by atoms with Crippen LogP contribution in [0.5, 0.6) is 0 Å². The number of benzene rings is 2. The van der Waals surface area contributed by atoms with Gasteiger partial charge >= 0.3 is 0 Å². The van der Waals surface area contributed by atoms with E-state index in [4.69, 9.17) is 16.1 Å². The molecule has 3 aromatic rings. The molecule has 1 aromatic heterocycles. The summed E-state index contributed by atoms with van der Waals surface area (Å²) in [5, 5.41) is 10.8. The van der Waals surface area contributed by atoms with E-state index in [9.17, 15) is 4.79 Å². The molecule has 6 nitrogen and oxygen atoms in total. The summed E-state index contributed by atoms with van der Waals surface area (Å²) in [6, 6.07) is 15.0. The van der Waals surface area contributed by atoms with E-state index in [-0.39, 0.29) is 12.3 Å². The molecule has 0 fully saturated rings. The van der Waals surface area contributed by atoms with Gasteiger partial charge in [0.1, 0.15) is 0 Å². The van der Waals surface area contributed by atoms with Crippen molar-refractivity contribution in [1.29, 1.82) is 0 Å². The highest BCUT2D eigenvalue weighted by Gasteiger charge is 2.11. The normalized spacial score (nSPS) is 10.7. The molecule has 3 rings (SSSR count). The first-order valence-corrected chi connectivity index (χ1v) is 9.20. The number of aromatic nitrogens is 2. The first-order chi connectivity index (χ1) is 13.1. The molecule has 0 unspecified atom stereocenters. The van der Waals surface area contributed by atoms with E-state index in [1.807, 2.05) is 36.4 Å². The van der Waals surface area contributed by atoms with Gasteiger partial charge in [-0.1, -0.05) is 35.8 Å². The molecule has 2 aromatic carbocycles. The summed E-state index contributed by atoms with van der Waals surface area (Å²) in [6.07, 6.45) is 0.642. The third-order valence-electron chi connectivity index (χ3n) is 3.93. The van der Waals surface area contributed by atoms with Crippen molar-refractivity contribution < 1.29 is 9.32 Å². The number of anilines is 1. The van der Waals surface area contributed by atoms with Gasteiger partial charge in [-0.25, -0.2) is 0 Å². The highest BCUT2D eigenvalue weighted by atomic mass is 35.5. The fraction of sp³-hybridized carbons (Fsp3) is 0.250. The minimum absolute atomic E-state index is 0.0955. The molecule has 140 valence electrons. The van der Waals surface area contributed by atoms with Crippen LogP contribution in [-0.2, 0) is 17.8 Å². The van der Waals surface area contributed by atoms with Crippen LogP contribution in [0.2, 0.25) is 5.02 Å². The van der Waals surface area contributed by atoms with Crippen LogP contribution in [0.4, 0.5) is 5.69 Å². The second kappa shape index (κ2) is 9.30. The molecule has 0 radical (unpaired) electrons. The molecule has 0 spiro atoms. The zero-order valence-electron chi connectivity index (χ0n) is 15.0. The van der Waals surface area contributed by atoms with Gasteiger partial charge in [-0.3, -0.25) is 4.79 Å². The number of nitrogens with one attached hydrogen (secondary N) is 2. The smallest absolute Gasteiger partial charge is 0.227 e. The van der Waals surface area contributed by atoms with Crippen molar-refractivity contribution >= 4 is 23.2 Å². The Morgan fingerprint density at radius 2 is 2.00 bits per heavy atom. The predicted molar refractivity (Wildman–Crippen MR) is 106 cm³/mol. The minimum atomic E-state index is -0.0955. The third-order valence-corrected chi connectivity index (χ3v) is 4.18. The van der Waals surface area contributed by atoms with Crippen LogP contribution in [0.25, 0.3) is 11.4 Å². The number of carbonyl (C=O) groups excluding carboxylic acids is 1. The predicted octanol–water partition coefficient (Wildman–Crippen LogP) is 4.07. The molecule has 0 saturated heterocycles. The van der Waals surface area contributed by atoms with Crippen LogP contribution in [-0.4, -0.2) is 22.6 Å². The number of amides is 1. The Morgan fingerprint density at radius 3 is 2.78 bits per heavy atom. The van der Waals surface area contributed by atoms with E-state index in [0.717, 1.165) is 29.9 Å². The number of aryl methyl sites for hydroxylation is 1. The Labute approximate surface area is 162 Å². The van der Waals surface area contributed by atoms with Gasteiger partial charge in [0.15, 0.2) is 0 Å². The minimum Gasteiger partial charge on any atom is -0.339 e. The van der Waals surface area contributed by atoms with Crippen molar-refractivity contribution in [3.05, 3.63) is 65.0 Å². The Balaban J connectivity index is 1.53. The average Bonchev–Trinajstić information content (AvgIpc) is 3.15. The summed E-state index contributed by atoms with van der Waals surface area (Å²) >= 11 is 5.88. The summed E-state index contributed by atoms with van der Waals surface area (Å²) in [7, 11) is 0. The fourth-order valence-electron chi connectivity index (χ4n) is 2.54. The zero-order chi connectivity index (χ0) is 19.1. The van der Waals surface area contributed by atoms with Crippen LogP contribution in [0.3, 0.4) is 0 Å². The van der Waals surface area contributed by atoms with Gasteiger partial charge in [-0.15, -0.1) is 0 Å². The third kappa shape index (κ3) is 5.64. The molecule has 0 bridgehead atoms. The number of carbonyl (C=O) groups is 1. The van der Waals surface area contributed by atoms with E-state index >= 15 is 0 Å². The first kappa shape index (κ1) is 19.1. The molecule has 0 aliphatic carbocycles. The number of nitrogens with zero attached hydrogens (tertiary/aromatic N) is 2. The highest BCUT2D eigenvalue weighted by Crippen LogP contribution is 2.19. The van der Waals surface area contributed by atoms with Crippen molar-refractivity contribution in [2.75, 3.05) is 11.9 Å². The van der Waals surface area contributed by atoms with Crippen LogP contribution < -0.4 is 10.6 Å². The Morgan fingerprint density at radius 1 is 1.19 bits per heavy atom. The lowest BCUT2D eigenvalue weighted by Crippen LogP contribution is -2.14. The van der Waals surface area contributed by atoms with Gasteiger partial charge in [-0.05, 0) is 48.5 Å². The van der Waals surface area contributed by atoms with Gasteiger partial charge in [0.2, 0.25) is 17.6 Å². The SMILES string of the molecule is CCNCc1cccc(NC(=O)CCc2nc(-c3ccc(Cl)cc3)no2)c1. The monoisotopic (exact) mass is 384 g/mol. The quantitative estimate of drug-likeness (QED) is 0.612. The average molecular weight is 385 g/mol. The highest BCUT2D eigenvalue weighted by molar-refractivity contribution is 6.30. The second-order valence-electron chi connectivity index (χ2n) is 6.05. The van der Waals surface area contributed by atoms with Crippen molar-refractivity contribution in [2.24, 2.45) is 0 Å².